The highest BCUT2D eigenvalue weighted by Gasteiger charge is 2.40. The van der Waals surface area contributed by atoms with Gasteiger partial charge in [-0.3, -0.25) is 14.9 Å². The first-order valence-electron chi connectivity index (χ1n) is 7.02. The van der Waals surface area contributed by atoms with Gasteiger partial charge in [0.2, 0.25) is 21.8 Å². The molecule has 0 radical (unpaired) electrons. The maximum atomic E-state index is 12.6. The largest absolute Gasteiger partial charge is 0.465 e. The van der Waals surface area contributed by atoms with E-state index in [1.807, 2.05) is 0 Å². The van der Waals surface area contributed by atoms with Gasteiger partial charge in [-0.25, -0.2) is 13.2 Å². The molecule has 2 aliphatic heterocycles. The van der Waals surface area contributed by atoms with Gasteiger partial charge >= 0.3 is 6.09 Å². The highest BCUT2D eigenvalue weighted by atomic mass is 32.2. The summed E-state index contributed by atoms with van der Waals surface area (Å²) in [5.41, 5.74) is 0. The van der Waals surface area contributed by atoms with E-state index in [9.17, 15) is 22.8 Å². The predicted octanol–water partition coefficient (Wildman–Crippen LogP) is -0.804. The maximum absolute atomic E-state index is 12.6. The quantitative estimate of drug-likeness (QED) is 0.651. The second-order valence-electron chi connectivity index (χ2n) is 5.50. The van der Waals surface area contributed by atoms with Gasteiger partial charge in [0.25, 0.3) is 0 Å². The minimum atomic E-state index is -3.72. The number of carbonyl (C=O) groups excluding carboxylic acids is 2. The Kier molecular flexibility index (Phi) is 4.71. The molecule has 1 unspecified atom stereocenters. The van der Waals surface area contributed by atoms with Crippen LogP contribution < -0.4 is 5.32 Å². The van der Waals surface area contributed by atoms with Crippen LogP contribution in [0.25, 0.3) is 0 Å². The molecule has 2 aliphatic rings. The van der Waals surface area contributed by atoms with Crippen LogP contribution in [0.15, 0.2) is 0 Å². The first-order chi connectivity index (χ1) is 10.2. The normalized spacial score (nSPS) is 24.5. The minimum absolute atomic E-state index is 0.105. The van der Waals surface area contributed by atoms with Gasteiger partial charge in [0.1, 0.15) is 6.04 Å². The Hall–Kier alpha value is -1.68. The van der Waals surface area contributed by atoms with Gasteiger partial charge in [-0.15, -0.1) is 0 Å². The molecule has 9 nitrogen and oxygen atoms in total. The lowest BCUT2D eigenvalue weighted by Crippen LogP contribution is -2.55. The number of imide groups is 1. The van der Waals surface area contributed by atoms with Crippen molar-refractivity contribution in [1.82, 2.24) is 14.5 Å². The van der Waals surface area contributed by atoms with Crippen molar-refractivity contribution >= 4 is 27.9 Å². The number of likely N-dealkylation sites (N-methyl/N-ethyl adjacent to an activating group) is 1. The summed E-state index contributed by atoms with van der Waals surface area (Å²) in [6.45, 7) is 0.310. The molecule has 0 bridgehead atoms. The van der Waals surface area contributed by atoms with Gasteiger partial charge in [-0.2, -0.15) is 4.31 Å². The van der Waals surface area contributed by atoms with E-state index in [0.717, 1.165) is 4.31 Å². The summed E-state index contributed by atoms with van der Waals surface area (Å²) in [5, 5.41) is 10.3. The van der Waals surface area contributed by atoms with E-state index >= 15 is 0 Å². The number of piperidine rings is 2. The summed E-state index contributed by atoms with van der Waals surface area (Å²) >= 11 is 0. The molecule has 2 rings (SSSR count). The maximum Gasteiger partial charge on any atom is 0.407 e. The number of nitrogens with zero attached hydrogens (tertiary/aromatic N) is 2. The van der Waals surface area contributed by atoms with E-state index in [0.29, 0.717) is 0 Å². The van der Waals surface area contributed by atoms with Crippen molar-refractivity contribution in [3.05, 3.63) is 0 Å². The van der Waals surface area contributed by atoms with Crippen LogP contribution in [0.1, 0.15) is 25.7 Å². The van der Waals surface area contributed by atoms with E-state index in [4.69, 9.17) is 5.11 Å². The molecule has 2 N–H and O–H groups in total. The fraction of sp³-hybridized carbons (Fsp3) is 0.750. The third-order valence-corrected chi connectivity index (χ3v) is 6.56. The van der Waals surface area contributed by atoms with Crippen LogP contribution in [0, 0.1) is 0 Å². The molecule has 0 spiro atoms. The molecule has 0 aromatic carbocycles. The van der Waals surface area contributed by atoms with Gasteiger partial charge < -0.3 is 10.0 Å². The van der Waals surface area contributed by atoms with Crippen LogP contribution in [0.4, 0.5) is 4.79 Å². The molecule has 10 heteroatoms. The van der Waals surface area contributed by atoms with Crippen LogP contribution >= 0.6 is 0 Å². The van der Waals surface area contributed by atoms with E-state index in [-0.39, 0.29) is 38.8 Å². The molecular formula is C12H19N3O6S. The van der Waals surface area contributed by atoms with Crippen molar-refractivity contribution in [1.29, 1.82) is 0 Å². The molecule has 2 heterocycles. The Bertz CT molecular complexity index is 582. The highest BCUT2D eigenvalue weighted by Crippen LogP contribution is 2.24. The SMILES string of the molecule is CN(C1CCC(=O)NC1=O)S(=O)(=O)C1CCN(C(=O)O)CC1. The summed E-state index contributed by atoms with van der Waals surface area (Å²) < 4.78 is 26.2. The molecular weight excluding hydrogens is 314 g/mol. The summed E-state index contributed by atoms with van der Waals surface area (Å²) in [6.07, 6.45) is -0.394. The smallest absolute Gasteiger partial charge is 0.407 e. The fourth-order valence-corrected chi connectivity index (χ4v) is 4.62. The second-order valence-corrected chi connectivity index (χ2v) is 7.77. The number of carboxylic acid groups (broad SMARTS) is 1. The number of hydrogen-bond acceptors (Lipinski definition) is 5. The van der Waals surface area contributed by atoms with Gasteiger partial charge in [-0.1, -0.05) is 0 Å². The van der Waals surface area contributed by atoms with Crippen molar-refractivity contribution in [2.75, 3.05) is 20.1 Å². The van der Waals surface area contributed by atoms with Crippen molar-refractivity contribution in [3.8, 4) is 0 Å². The average molecular weight is 333 g/mol. The first kappa shape index (κ1) is 16.7. The lowest BCUT2D eigenvalue weighted by Gasteiger charge is -2.35. The van der Waals surface area contributed by atoms with E-state index in [2.05, 4.69) is 5.32 Å². The van der Waals surface area contributed by atoms with Crippen LogP contribution in [0.5, 0.6) is 0 Å². The molecule has 1 atom stereocenters. The third-order valence-electron chi connectivity index (χ3n) is 4.18. The predicted molar refractivity (Wildman–Crippen MR) is 75.5 cm³/mol. The lowest BCUT2D eigenvalue weighted by atomic mass is 10.1. The van der Waals surface area contributed by atoms with Gasteiger partial charge in [0.15, 0.2) is 0 Å². The number of nitrogens with one attached hydrogen (secondary N) is 1. The standard InChI is InChI=1S/C12H19N3O6S/c1-14(9-2-3-10(16)13-11(9)17)22(20,21)8-4-6-15(7-5-8)12(18)19/h8-9H,2-7H2,1H3,(H,18,19)(H,13,16,17). The fourth-order valence-electron chi connectivity index (χ4n) is 2.79. The van der Waals surface area contributed by atoms with E-state index < -0.39 is 39.2 Å². The van der Waals surface area contributed by atoms with Crippen molar-refractivity contribution < 1.29 is 27.9 Å². The molecule has 0 aromatic rings. The van der Waals surface area contributed by atoms with Crippen LogP contribution in [-0.4, -0.2) is 72.1 Å². The highest BCUT2D eigenvalue weighted by molar-refractivity contribution is 7.89. The number of hydrogen-bond donors (Lipinski definition) is 2. The van der Waals surface area contributed by atoms with E-state index in [1.165, 1.54) is 11.9 Å². The first-order valence-corrected chi connectivity index (χ1v) is 8.52. The number of rotatable bonds is 3. The van der Waals surface area contributed by atoms with Crippen LogP contribution in [0.2, 0.25) is 0 Å². The monoisotopic (exact) mass is 333 g/mol. The Morgan fingerprint density at radius 1 is 1.27 bits per heavy atom. The zero-order valence-corrected chi connectivity index (χ0v) is 13.0. The Morgan fingerprint density at radius 2 is 1.86 bits per heavy atom. The minimum Gasteiger partial charge on any atom is -0.465 e. The molecule has 2 fully saturated rings. The molecule has 22 heavy (non-hydrogen) atoms. The second kappa shape index (κ2) is 6.21. The Morgan fingerprint density at radius 3 is 2.36 bits per heavy atom. The summed E-state index contributed by atoms with van der Waals surface area (Å²) in [6, 6.07) is -0.889. The van der Waals surface area contributed by atoms with Crippen molar-refractivity contribution in [2.45, 2.75) is 37.0 Å². The van der Waals surface area contributed by atoms with Crippen molar-refractivity contribution in [2.24, 2.45) is 0 Å². The zero-order chi connectivity index (χ0) is 16.5. The van der Waals surface area contributed by atoms with Crippen LogP contribution in [-0.2, 0) is 19.6 Å². The summed E-state index contributed by atoms with van der Waals surface area (Å²) in [4.78, 5) is 35.0. The average Bonchev–Trinajstić information content (AvgIpc) is 2.46. The van der Waals surface area contributed by atoms with Gasteiger partial charge in [0.05, 0.1) is 5.25 Å². The van der Waals surface area contributed by atoms with Gasteiger partial charge in [0, 0.05) is 26.6 Å². The molecule has 0 aromatic heterocycles. The number of amides is 3. The molecule has 0 saturated carbocycles. The third kappa shape index (κ3) is 3.22. The van der Waals surface area contributed by atoms with E-state index in [1.54, 1.807) is 0 Å². The van der Waals surface area contributed by atoms with Gasteiger partial charge in [-0.05, 0) is 19.3 Å². The topological polar surface area (TPSA) is 124 Å². The number of sulfonamides is 1. The van der Waals surface area contributed by atoms with Crippen molar-refractivity contribution in [3.63, 3.8) is 0 Å². The molecule has 0 aliphatic carbocycles. The number of likely N-dealkylation sites (tertiary alicyclic amines) is 1. The van der Waals surface area contributed by atoms with Crippen LogP contribution in [0.3, 0.4) is 0 Å². The Balaban J connectivity index is 2.05. The zero-order valence-electron chi connectivity index (χ0n) is 12.2. The number of carbonyl (C=O) groups is 3. The molecule has 3 amide bonds. The molecule has 2 saturated heterocycles. The Labute approximate surface area is 128 Å². The summed E-state index contributed by atoms with van der Waals surface area (Å²) in [7, 11) is -2.39. The molecule has 124 valence electrons. The summed E-state index contributed by atoms with van der Waals surface area (Å²) in [5.74, 6) is -1.01. The lowest BCUT2D eigenvalue weighted by molar-refractivity contribution is -0.135.